The minimum Gasteiger partial charge on any atom is -0.497 e. The van der Waals surface area contributed by atoms with Crippen molar-refractivity contribution in [2.75, 3.05) is 14.2 Å². The number of aliphatic hydroxyl groups excluding tert-OH is 1. The number of rotatable bonds is 4. The van der Waals surface area contributed by atoms with Crippen LogP contribution in [0.1, 0.15) is 43.8 Å². The van der Waals surface area contributed by atoms with Crippen molar-refractivity contribution in [2.24, 2.45) is 0 Å². The zero-order valence-electron chi connectivity index (χ0n) is 11.6. The summed E-state index contributed by atoms with van der Waals surface area (Å²) in [4.78, 5) is 0. The first-order chi connectivity index (χ1) is 9.09. The Morgan fingerprint density at radius 2 is 1.53 bits per heavy atom. The molecule has 1 unspecified atom stereocenters. The third kappa shape index (κ3) is 3.01. The normalized spacial score (nSPS) is 19.8. The maximum absolute atomic E-state index is 10.6. The van der Waals surface area contributed by atoms with Gasteiger partial charge >= 0.3 is 0 Å². The highest BCUT2D eigenvalue weighted by atomic mass is 16.5. The van der Waals surface area contributed by atoms with Crippen LogP contribution in [0, 0.1) is 0 Å². The van der Waals surface area contributed by atoms with E-state index in [2.05, 4.69) is 0 Å². The van der Waals surface area contributed by atoms with Gasteiger partial charge in [0.2, 0.25) is 0 Å². The predicted molar refractivity (Wildman–Crippen MR) is 72.5 cm³/mol. The van der Waals surface area contributed by atoms with Gasteiger partial charge in [0, 0.05) is 6.07 Å². The van der Waals surface area contributed by atoms with Gasteiger partial charge in [-0.2, -0.15) is 0 Å². The quantitative estimate of drug-likeness (QED) is 0.878. The van der Waals surface area contributed by atoms with Crippen LogP contribution in [0.5, 0.6) is 11.5 Å². The van der Waals surface area contributed by atoms with Gasteiger partial charge < -0.3 is 19.7 Å². The fourth-order valence-corrected chi connectivity index (χ4v) is 2.74. The lowest BCUT2D eigenvalue weighted by Crippen LogP contribution is -2.38. The Kier molecular flexibility index (Phi) is 4.32. The smallest absolute Gasteiger partial charge is 0.122 e. The average Bonchev–Trinajstić information content (AvgIpc) is 2.46. The predicted octanol–water partition coefficient (Wildman–Crippen LogP) is 2.43. The second-order valence-electron chi connectivity index (χ2n) is 5.21. The molecule has 1 atom stereocenters. The molecule has 19 heavy (non-hydrogen) atoms. The molecule has 2 N–H and O–H groups in total. The molecule has 0 bridgehead atoms. The molecule has 1 aliphatic rings. The Morgan fingerprint density at radius 1 is 1.00 bits per heavy atom. The summed E-state index contributed by atoms with van der Waals surface area (Å²) in [5.74, 6) is 1.24. The van der Waals surface area contributed by atoms with Gasteiger partial charge in [0.1, 0.15) is 17.6 Å². The van der Waals surface area contributed by atoms with Crippen LogP contribution < -0.4 is 9.47 Å². The molecule has 2 rings (SSSR count). The lowest BCUT2D eigenvalue weighted by Gasteiger charge is -2.36. The molecule has 1 aliphatic carbocycles. The zero-order chi connectivity index (χ0) is 13.9. The van der Waals surface area contributed by atoms with Crippen molar-refractivity contribution in [3.8, 4) is 11.5 Å². The van der Waals surface area contributed by atoms with E-state index in [0.29, 0.717) is 29.9 Å². The third-order valence-corrected chi connectivity index (χ3v) is 3.92. The van der Waals surface area contributed by atoms with Crippen molar-refractivity contribution < 1.29 is 19.7 Å². The van der Waals surface area contributed by atoms with Gasteiger partial charge in [-0.05, 0) is 30.5 Å². The van der Waals surface area contributed by atoms with Gasteiger partial charge in [0.05, 0.1) is 19.8 Å². The molecule has 1 aromatic rings. The first-order valence-electron chi connectivity index (χ1n) is 6.72. The van der Waals surface area contributed by atoms with Crippen molar-refractivity contribution in [1.82, 2.24) is 0 Å². The molecule has 4 nitrogen and oxygen atoms in total. The van der Waals surface area contributed by atoms with Crippen molar-refractivity contribution in [3.63, 3.8) is 0 Å². The maximum atomic E-state index is 10.6. The highest BCUT2D eigenvalue weighted by Gasteiger charge is 2.38. The lowest BCUT2D eigenvalue weighted by molar-refractivity contribution is -0.0992. The highest BCUT2D eigenvalue weighted by molar-refractivity contribution is 5.40. The van der Waals surface area contributed by atoms with E-state index >= 15 is 0 Å². The largest absolute Gasteiger partial charge is 0.497 e. The number of hydrogen-bond acceptors (Lipinski definition) is 4. The van der Waals surface area contributed by atoms with E-state index in [9.17, 15) is 10.2 Å². The third-order valence-electron chi connectivity index (χ3n) is 3.92. The van der Waals surface area contributed by atoms with Gasteiger partial charge in [-0.25, -0.2) is 0 Å². The van der Waals surface area contributed by atoms with Crippen molar-refractivity contribution in [1.29, 1.82) is 0 Å². The van der Waals surface area contributed by atoms with Crippen LogP contribution in [0.15, 0.2) is 18.2 Å². The molecule has 0 saturated heterocycles. The van der Waals surface area contributed by atoms with E-state index in [4.69, 9.17) is 9.47 Å². The lowest BCUT2D eigenvalue weighted by atomic mass is 9.78. The number of methoxy groups -OCH3 is 2. The Morgan fingerprint density at radius 3 is 2.00 bits per heavy atom. The summed E-state index contributed by atoms with van der Waals surface area (Å²) in [5.41, 5.74) is -0.393. The summed E-state index contributed by atoms with van der Waals surface area (Å²) in [6, 6.07) is 5.25. The monoisotopic (exact) mass is 266 g/mol. The molecule has 0 heterocycles. The highest BCUT2D eigenvalue weighted by Crippen LogP contribution is 2.40. The first-order valence-corrected chi connectivity index (χ1v) is 6.72. The van der Waals surface area contributed by atoms with Crippen molar-refractivity contribution >= 4 is 0 Å². The Labute approximate surface area is 114 Å². The standard InChI is InChI=1S/C15H22O4/c1-18-12-8-11(9-13(10-12)19-2)14(16)15(17)6-4-3-5-7-15/h8-10,14,16-17H,3-7H2,1-2H3. The van der Waals surface area contributed by atoms with E-state index in [0.717, 1.165) is 19.3 Å². The molecule has 1 saturated carbocycles. The summed E-state index contributed by atoms with van der Waals surface area (Å²) < 4.78 is 10.4. The van der Waals surface area contributed by atoms with Gasteiger partial charge in [0.15, 0.2) is 0 Å². The van der Waals surface area contributed by atoms with Crippen molar-refractivity contribution in [2.45, 2.75) is 43.8 Å². The topological polar surface area (TPSA) is 58.9 Å². The Hall–Kier alpha value is -1.26. The zero-order valence-corrected chi connectivity index (χ0v) is 11.6. The molecule has 0 aliphatic heterocycles. The molecule has 0 amide bonds. The molecular weight excluding hydrogens is 244 g/mol. The van der Waals surface area contributed by atoms with E-state index in [1.54, 1.807) is 32.4 Å². The van der Waals surface area contributed by atoms with Gasteiger partial charge in [-0.3, -0.25) is 0 Å². The van der Waals surface area contributed by atoms with Gasteiger partial charge in [0.25, 0.3) is 0 Å². The molecule has 1 fully saturated rings. The molecule has 1 aromatic carbocycles. The SMILES string of the molecule is COc1cc(OC)cc(C(O)C2(O)CCCCC2)c1. The van der Waals surface area contributed by atoms with Crippen LogP contribution in [0.4, 0.5) is 0 Å². The van der Waals surface area contributed by atoms with Crippen LogP contribution in [0.3, 0.4) is 0 Å². The Balaban J connectivity index is 2.29. The van der Waals surface area contributed by atoms with Crippen LogP contribution in [-0.2, 0) is 0 Å². The number of hydrogen-bond donors (Lipinski definition) is 2. The summed E-state index contributed by atoms with van der Waals surface area (Å²) in [6.07, 6.45) is 3.39. The van der Waals surface area contributed by atoms with Crippen LogP contribution >= 0.6 is 0 Å². The van der Waals surface area contributed by atoms with Crippen molar-refractivity contribution in [3.05, 3.63) is 23.8 Å². The van der Waals surface area contributed by atoms with Gasteiger partial charge in [-0.1, -0.05) is 19.3 Å². The maximum Gasteiger partial charge on any atom is 0.122 e. The van der Waals surface area contributed by atoms with E-state index < -0.39 is 11.7 Å². The van der Waals surface area contributed by atoms with E-state index in [-0.39, 0.29) is 0 Å². The average molecular weight is 266 g/mol. The van der Waals surface area contributed by atoms with E-state index in [1.165, 1.54) is 0 Å². The fraction of sp³-hybridized carbons (Fsp3) is 0.600. The van der Waals surface area contributed by atoms with E-state index in [1.807, 2.05) is 0 Å². The summed E-state index contributed by atoms with van der Waals surface area (Å²) in [5, 5.41) is 21.1. The Bertz CT molecular complexity index is 402. The molecule has 4 heteroatoms. The van der Waals surface area contributed by atoms with Crippen LogP contribution in [0.2, 0.25) is 0 Å². The fourth-order valence-electron chi connectivity index (χ4n) is 2.74. The molecule has 106 valence electrons. The first kappa shape index (κ1) is 14.2. The van der Waals surface area contributed by atoms with Crippen LogP contribution in [0.25, 0.3) is 0 Å². The second kappa shape index (κ2) is 5.80. The number of aliphatic hydroxyl groups is 2. The minimum absolute atomic E-state index is 0.618. The second-order valence-corrected chi connectivity index (χ2v) is 5.21. The molecular formula is C15H22O4. The molecule has 0 radical (unpaired) electrons. The summed E-state index contributed by atoms with van der Waals surface area (Å²) in [7, 11) is 3.14. The molecule has 0 spiro atoms. The van der Waals surface area contributed by atoms with Crippen LogP contribution in [-0.4, -0.2) is 30.0 Å². The molecule has 0 aromatic heterocycles. The summed E-state index contributed by atoms with van der Waals surface area (Å²) >= 11 is 0. The summed E-state index contributed by atoms with van der Waals surface area (Å²) in [6.45, 7) is 0. The number of benzene rings is 1. The minimum atomic E-state index is -1.03. The number of ether oxygens (including phenoxy) is 2. The van der Waals surface area contributed by atoms with Gasteiger partial charge in [-0.15, -0.1) is 0 Å².